The molecule has 6 heterocycles. The van der Waals surface area contributed by atoms with E-state index in [1.807, 2.05) is 18.2 Å². The standard InChI is InChI=1S/C48H57ClN8O6/c49-38-28-35(2-1-33(38)29-50)56-22-17-46(31-56)15-20-54(21-16-46)44(62)47-9-12-48(13-10-47,14-11-47)45(63)55-25-23-52(24-26-55)30-32-7-18-53(19-8-32)34-3-4-36-37(27-34)43(61)57(42(36)60)39-5-6-40(58)51-41(39)59/h1-4,27-28,32,39H,5-26,30-31H2,(H,51,58,59). The Labute approximate surface area is 373 Å². The Balaban J connectivity index is 0.663. The number of nitrogens with one attached hydrogen (secondary N) is 1. The van der Waals surface area contributed by atoms with Crippen LogP contribution in [-0.2, 0) is 19.2 Å². The first-order chi connectivity index (χ1) is 30.4. The number of halogens is 1. The molecule has 3 aliphatic carbocycles. The van der Waals surface area contributed by atoms with Gasteiger partial charge in [-0.2, -0.15) is 5.26 Å². The van der Waals surface area contributed by atoms with E-state index in [1.165, 1.54) is 0 Å². The van der Waals surface area contributed by atoms with Gasteiger partial charge < -0.3 is 19.6 Å². The summed E-state index contributed by atoms with van der Waals surface area (Å²) in [5.41, 5.74) is 2.60. The molecule has 6 amide bonds. The molecule has 8 fully saturated rings. The molecule has 15 heteroatoms. The number of piperidine rings is 3. The number of hydrogen-bond acceptors (Lipinski definition) is 10. The van der Waals surface area contributed by atoms with E-state index in [0.717, 1.165) is 159 Å². The molecule has 2 aromatic carbocycles. The second-order valence-electron chi connectivity index (χ2n) is 20.0. The monoisotopic (exact) mass is 876 g/mol. The topological polar surface area (TPSA) is 158 Å². The summed E-state index contributed by atoms with van der Waals surface area (Å²) in [6.45, 7) is 9.38. The molecule has 63 heavy (non-hydrogen) atoms. The van der Waals surface area contributed by atoms with Crippen LogP contribution in [0.25, 0.3) is 0 Å². The highest BCUT2D eigenvalue weighted by Crippen LogP contribution is 2.58. The fourth-order valence-electron chi connectivity index (χ4n) is 12.6. The van der Waals surface area contributed by atoms with Crippen molar-refractivity contribution in [3.63, 3.8) is 0 Å². The molecule has 1 atom stereocenters. The van der Waals surface area contributed by atoms with Crippen molar-refractivity contribution in [3.05, 3.63) is 58.1 Å². The number of carbonyl (C=O) groups excluding carboxylic acids is 6. The molecule has 1 N–H and O–H groups in total. The molecule has 9 aliphatic rings. The lowest BCUT2D eigenvalue weighted by Gasteiger charge is -2.54. The first kappa shape index (κ1) is 42.0. The molecule has 332 valence electrons. The fraction of sp³-hybridized carbons (Fsp3) is 0.604. The molecular weight excluding hydrogens is 820 g/mol. The van der Waals surface area contributed by atoms with Gasteiger partial charge in [-0.05, 0) is 125 Å². The lowest BCUT2D eigenvalue weighted by Crippen LogP contribution is -2.59. The van der Waals surface area contributed by atoms with Crippen LogP contribution >= 0.6 is 11.6 Å². The quantitative estimate of drug-likeness (QED) is 0.382. The number of benzene rings is 2. The summed E-state index contributed by atoms with van der Waals surface area (Å²) in [5, 5.41) is 12.0. The zero-order valence-electron chi connectivity index (χ0n) is 36.0. The van der Waals surface area contributed by atoms with E-state index in [2.05, 4.69) is 35.9 Å². The van der Waals surface area contributed by atoms with Gasteiger partial charge in [0.2, 0.25) is 23.6 Å². The Bertz CT molecular complexity index is 2260. The second kappa shape index (κ2) is 16.2. The minimum Gasteiger partial charge on any atom is -0.371 e. The first-order valence-electron chi connectivity index (χ1n) is 23.3. The molecule has 0 radical (unpaired) electrons. The van der Waals surface area contributed by atoms with Crippen LogP contribution in [0.2, 0.25) is 5.02 Å². The number of rotatable bonds is 7. The van der Waals surface area contributed by atoms with Crippen molar-refractivity contribution in [2.75, 3.05) is 81.8 Å². The summed E-state index contributed by atoms with van der Waals surface area (Å²) >= 11 is 6.36. The van der Waals surface area contributed by atoms with Gasteiger partial charge in [-0.1, -0.05) is 11.6 Å². The van der Waals surface area contributed by atoms with E-state index >= 15 is 0 Å². The molecule has 6 aliphatic heterocycles. The number of hydrogen-bond donors (Lipinski definition) is 1. The van der Waals surface area contributed by atoms with Crippen LogP contribution in [0.3, 0.4) is 0 Å². The predicted octanol–water partition coefficient (Wildman–Crippen LogP) is 4.83. The molecule has 14 nitrogen and oxygen atoms in total. The van der Waals surface area contributed by atoms with Crippen LogP contribution in [0.4, 0.5) is 11.4 Å². The van der Waals surface area contributed by atoms with Crippen molar-refractivity contribution in [3.8, 4) is 6.07 Å². The number of fused-ring (bicyclic) bond motifs is 4. The van der Waals surface area contributed by atoms with Crippen molar-refractivity contribution in [1.82, 2.24) is 24.9 Å². The van der Waals surface area contributed by atoms with Crippen molar-refractivity contribution in [1.29, 1.82) is 5.26 Å². The molecule has 2 bridgehead atoms. The second-order valence-corrected chi connectivity index (χ2v) is 20.4. The number of nitriles is 1. The Kier molecular flexibility index (Phi) is 10.8. The lowest BCUT2D eigenvalue weighted by molar-refractivity contribution is -0.165. The van der Waals surface area contributed by atoms with E-state index in [-0.39, 0.29) is 29.1 Å². The van der Waals surface area contributed by atoms with Gasteiger partial charge in [-0.3, -0.25) is 43.9 Å². The van der Waals surface area contributed by atoms with Crippen molar-refractivity contribution < 1.29 is 28.8 Å². The molecule has 3 saturated carbocycles. The minimum absolute atomic E-state index is 0.0902. The molecule has 5 saturated heterocycles. The summed E-state index contributed by atoms with van der Waals surface area (Å²) < 4.78 is 0. The number of anilines is 2. The van der Waals surface area contributed by atoms with Crippen molar-refractivity contribution >= 4 is 58.4 Å². The average molecular weight is 877 g/mol. The van der Waals surface area contributed by atoms with Crippen molar-refractivity contribution in [2.24, 2.45) is 22.2 Å². The van der Waals surface area contributed by atoms with E-state index in [1.54, 1.807) is 18.2 Å². The SMILES string of the molecule is N#Cc1ccc(N2CCC3(CCN(C(=O)C45CCC(C(=O)N6CCN(CC7CCN(c8ccc9c(c8)C(=O)N(C8CCC(=O)NC8=O)C9=O)CC7)CC6)(CC4)CC5)CC3)C2)cc1Cl. The number of likely N-dealkylation sites (tertiary alicyclic amines) is 1. The van der Waals surface area contributed by atoms with Crippen LogP contribution in [0, 0.1) is 33.5 Å². The highest BCUT2D eigenvalue weighted by Gasteiger charge is 2.58. The number of imide groups is 2. The van der Waals surface area contributed by atoms with Gasteiger partial charge in [0.25, 0.3) is 11.8 Å². The minimum atomic E-state index is -0.976. The van der Waals surface area contributed by atoms with Crippen molar-refractivity contribution in [2.45, 2.75) is 89.5 Å². The Hall–Kier alpha value is -5.00. The summed E-state index contributed by atoms with van der Waals surface area (Å²) in [6.07, 6.45) is 10.2. The van der Waals surface area contributed by atoms with Crippen LogP contribution in [0.15, 0.2) is 36.4 Å². The summed E-state index contributed by atoms with van der Waals surface area (Å²) in [5.74, 6) is -0.820. The zero-order chi connectivity index (χ0) is 43.7. The summed E-state index contributed by atoms with van der Waals surface area (Å²) in [6, 6.07) is 12.2. The number of carbonyl (C=O) groups is 6. The molecule has 1 unspecified atom stereocenters. The third-order valence-electron chi connectivity index (χ3n) is 16.7. The highest BCUT2D eigenvalue weighted by molar-refractivity contribution is 6.32. The van der Waals surface area contributed by atoms with Gasteiger partial charge >= 0.3 is 0 Å². The largest absolute Gasteiger partial charge is 0.371 e. The summed E-state index contributed by atoms with van der Waals surface area (Å²) in [4.78, 5) is 91.6. The van der Waals surface area contributed by atoms with Crippen LogP contribution in [0.1, 0.15) is 110 Å². The van der Waals surface area contributed by atoms with Crippen LogP contribution < -0.4 is 15.1 Å². The normalized spacial score (nSPS) is 28.8. The fourth-order valence-corrected chi connectivity index (χ4v) is 12.8. The number of piperazine rings is 1. The molecule has 1 spiro atoms. The van der Waals surface area contributed by atoms with E-state index in [9.17, 15) is 34.0 Å². The van der Waals surface area contributed by atoms with E-state index in [4.69, 9.17) is 11.6 Å². The predicted molar refractivity (Wildman–Crippen MR) is 235 cm³/mol. The molecular formula is C48H57ClN8O6. The van der Waals surface area contributed by atoms with E-state index in [0.29, 0.717) is 39.4 Å². The number of amides is 6. The van der Waals surface area contributed by atoms with E-state index < -0.39 is 29.7 Å². The maximum Gasteiger partial charge on any atom is 0.262 e. The van der Waals surface area contributed by atoms with Gasteiger partial charge in [0, 0.05) is 101 Å². The van der Waals surface area contributed by atoms with Crippen LogP contribution in [-0.4, -0.2) is 133 Å². The Morgan fingerprint density at radius 1 is 0.683 bits per heavy atom. The van der Waals surface area contributed by atoms with Crippen LogP contribution in [0.5, 0.6) is 0 Å². The third-order valence-corrected chi connectivity index (χ3v) is 17.0. The van der Waals surface area contributed by atoms with Gasteiger partial charge in [0.15, 0.2) is 0 Å². The Morgan fingerprint density at radius 3 is 1.89 bits per heavy atom. The highest BCUT2D eigenvalue weighted by atomic mass is 35.5. The lowest BCUT2D eigenvalue weighted by atomic mass is 9.52. The maximum atomic E-state index is 14.3. The van der Waals surface area contributed by atoms with Gasteiger partial charge in [-0.15, -0.1) is 0 Å². The Morgan fingerprint density at radius 2 is 1.27 bits per heavy atom. The first-order valence-corrected chi connectivity index (χ1v) is 23.6. The third kappa shape index (κ3) is 7.46. The zero-order valence-corrected chi connectivity index (χ0v) is 36.8. The molecule has 11 rings (SSSR count). The number of nitrogens with zero attached hydrogens (tertiary/aromatic N) is 7. The smallest absolute Gasteiger partial charge is 0.262 e. The summed E-state index contributed by atoms with van der Waals surface area (Å²) in [7, 11) is 0. The van der Waals surface area contributed by atoms with Gasteiger partial charge in [0.05, 0.1) is 21.7 Å². The molecule has 0 aromatic heterocycles. The maximum absolute atomic E-state index is 14.3. The molecule has 2 aromatic rings. The van der Waals surface area contributed by atoms with Gasteiger partial charge in [0.1, 0.15) is 12.1 Å². The average Bonchev–Trinajstić information content (AvgIpc) is 3.83. The van der Waals surface area contributed by atoms with Gasteiger partial charge in [-0.25, -0.2) is 0 Å².